The Labute approximate surface area is 205 Å². The van der Waals surface area contributed by atoms with Crippen LogP contribution in [0.4, 0.5) is 0 Å². The highest BCUT2D eigenvalue weighted by molar-refractivity contribution is 5.97. The van der Waals surface area contributed by atoms with Crippen molar-refractivity contribution in [2.75, 3.05) is 19.8 Å². The summed E-state index contributed by atoms with van der Waals surface area (Å²) >= 11 is 0. The summed E-state index contributed by atoms with van der Waals surface area (Å²) in [7, 11) is 0. The van der Waals surface area contributed by atoms with Gasteiger partial charge in [0.05, 0.1) is 11.0 Å². The molecule has 1 aromatic heterocycles. The van der Waals surface area contributed by atoms with Crippen molar-refractivity contribution in [1.82, 2.24) is 14.9 Å². The lowest BCUT2D eigenvalue weighted by Gasteiger charge is -2.29. The number of nitrogens with zero attached hydrogens (tertiary/aromatic N) is 2. The molecule has 1 fully saturated rings. The van der Waals surface area contributed by atoms with Crippen molar-refractivity contribution in [3.63, 3.8) is 0 Å². The van der Waals surface area contributed by atoms with E-state index >= 15 is 0 Å². The number of aryl methyl sites for hydroxylation is 1. The number of fused-ring (bicyclic) bond motifs is 1. The Morgan fingerprint density at radius 2 is 1.66 bits per heavy atom. The van der Waals surface area contributed by atoms with Gasteiger partial charge in [-0.15, -0.1) is 0 Å². The van der Waals surface area contributed by atoms with Crippen LogP contribution in [0.2, 0.25) is 0 Å². The fourth-order valence-electron chi connectivity index (χ4n) is 4.93. The van der Waals surface area contributed by atoms with E-state index in [9.17, 15) is 9.90 Å². The number of hydrogen-bond acceptors (Lipinski definition) is 4. The number of carbonyl (C=O) groups is 1. The van der Waals surface area contributed by atoms with Gasteiger partial charge < -0.3 is 19.7 Å². The molecule has 6 nitrogen and oxygen atoms in total. The van der Waals surface area contributed by atoms with Gasteiger partial charge in [0.15, 0.2) is 11.4 Å². The van der Waals surface area contributed by atoms with Crippen LogP contribution in [0.1, 0.15) is 47.1 Å². The minimum absolute atomic E-state index is 0.0924. The summed E-state index contributed by atoms with van der Waals surface area (Å²) in [6.07, 6.45) is 1.95. The highest BCUT2D eigenvalue weighted by atomic mass is 16.5. The molecule has 4 aromatic rings. The van der Waals surface area contributed by atoms with Crippen LogP contribution in [0.25, 0.3) is 11.0 Å². The molecule has 1 aliphatic heterocycles. The minimum Gasteiger partial charge on any atom is -0.381 e. The Kier molecular flexibility index (Phi) is 6.66. The maximum Gasteiger partial charge on any atom is 0.251 e. The molecule has 3 aromatic carbocycles. The SMILES string of the molecule is CCn1c(C(O)(c2ccccc2)c2ccccc2)nc2ccc(C(=O)NCC3CCOCC3)cc21. The average molecular weight is 470 g/mol. The summed E-state index contributed by atoms with van der Waals surface area (Å²) in [6, 6.07) is 24.8. The molecule has 0 saturated carbocycles. The van der Waals surface area contributed by atoms with Gasteiger partial charge in [-0.05, 0) is 55.0 Å². The van der Waals surface area contributed by atoms with Gasteiger partial charge in [0, 0.05) is 31.9 Å². The predicted molar refractivity (Wildman–Crippen MR) is 136 cm³/mol. The van der Waals surface area contributed by atoms with Gasteiger partial charge in [0.25, 0.3) is 5.91 Å². The second-order valence-electron chi connectivity index (χ2n) is 9.09. The molecule has 5 rings (SSSR count). The molecule has 180 valence electrons. The molecule has 0 aliphatic carbocycles. The fourth-order valence-corrected chi connectivity index (χ4v) is 4.93. The van der Waals surface area contributed by atoms with Gasteiger partial charge in [-0.3, -0.25) is 4.79 Å². The zero-order valence-electron chi connectivity index (χ0n) is 20.0. The molecule has 0 radical (unpaired) electrons. The van der Waals surface area contributed by atoms with Gasteiger partial charge in [-0.1, -0.05) is 60.7 Å². The third kappa shape index (κ3) is 4.47. The number of imidazole rings is 1. The van der Waals surface area contributed by atoms with E-state index in [0.29, 0.717) is 30.4 Å². The number of aliphatic hydroxyl groups is 1. The van der Waals surface area contributed by atoms with Crippen molar-refractivity contribution in [2.45, 2.75) is 31.9 Å². The first kappa shape index (κ1) is 23.3. The number of nitrogens with one attached hydrogen (secondary N) is 1. The monoisotopic (exact) mass is 469 g/mol. The highest BCUT2D eigenvalue weighted by Gasteiger charge is 2.38. The molecule has 1 saturated heterocycles. The molecule has 35 heavy (non-hydrogen) atoms. The van der Waals surface area contributed by atoms with Crippen LogP contribution in [-0.2, 0) is 16.9 Å². The molecule has 0 bridgehead atoms. The summed E-state index contributed by atoms with van der Waals surface area (Å²) in [4.78, 5) is 17.9. The number of amides is 1. The minimum atomic E-state index is -1.44. The standard InChI is InChI=1S/C29H31N3O3/c1-2-32-26-19-22(27(33)30-20-21-15-17-35-18-16-21)13-14-25(26)31-28(32)29(34,23-9-5-3-6-10-23)24-11-7-4-8-12-24/h3-14,19,21,34H,2,15-18,20H2,1H3,(H,30,33). The molecular formula is C29H31N3O3. The Balaban J connectivity index is 1.54. The molecule has 1 aliphatic rings. The molecule has 0 spiro atoms. The molecular weight excluding hydrogens is 438 g/mol. The third-order valence-electron chi connectivity index (χ3n) is 6.93. The topological polar surface area (TPSA) is 76.4 Å². The normalized spacial score (nSPS) is 14.8. The van der Waals surface area contributed by atoms with Crippen molar-refractivity contribution >= 4 is 16.9 Å². The quantitative estimate of drug-likeness (QED) is 0.418. The number of rotatable bonds is 7. The summed E-state index contributed by atoms with van der Waals surface area (Å²) in [5, 5.41) is 15.4. The van der Waals surface area contributed by atoms with Crippen molar-refractivity contribution in [3.05, 3.63) is 101 Å². The first-order valence-corrected chi connectivity index (χ1v) is 12.3. The average Bonchev–Trinajstić information content (AvgIpc) is 3.31. The molecule has 2 N–H and O–H groups in total. The molecule has 0 atom stereocenters. The zero-order valence-corrected chi connectivity index (χ0v) is 20.0. The highest BCUT2D eigenvalue weighted by Crippen LogP contribution is 2.37. The second-order valence-corrected chi connectivity index (χ2v) is 9.09. The van der Waals surface area contributed by atoms with Crippen LogP contribution < -0.4 is 5.32 Å². The van der Waals surface area contributed by atoms with E-state index < -0.39 is 5.60 Å². The largest absolute Gasteiger partial charge is 0.381 e. The van der Waals surface area contributed by atoms with E-state index in [2.05, 4.69) is 5.32 Å². The van der Waals surface area contributed by atoms with Crippen molar-refractivity contribution in [1.29, 1.82) is 0 Å². The number of hydrogen-bond donors (Lipinski definition) is 2. The van der Waals surface area contributed by atoms with E-state index in [0.717, 1.165) is 48.2 Å². The van der Waals surface area contributed by atoms with E-state index in [1.165, 1.54) is 0 Å². The van der Waals surface area contributed by atoms with Crippen LogP contribution >= 0.6 is 0 Å². The maximum absolute atomic E-state index is 13.0. The Morgan fingerprint density at radius 3 is 2.26 bits per heavy atom. The molecule has 1 amide bonds. The fraction of sp³-hybridized carbons (Fsp3) is 0.310. The number of carbonyl (C=O) groups excluding carboxylic acids is 1. The van der Waals surface area contributed by atoms with Gasteiger partial charge in [0.2, 0.25) is 0 Å². The second kappa shape index (κ2) is 10.0. The summed E-state index contributed by atoms with van der Waals surface area (Å²) in [5.41, 5.74) is 2.20. The van der Waals surface area contributed by atoms with Crippen LogP contribution in [0.3, 0.4) is 0 Å². The van der Waals surface area contributed by atoms with Crippen LogP contribution in [0.5, 0.6) is 0 Å². The van der Waals surface area contributed by atoms with Crippen LogP contribution in [0, 0.1) is 5.92 Å². The molecule has 2 heterocycles. The van der Waals surface area contributed by atoms with E-state index in [4.69, 9.17) is 9.72 Å². The summed E-state index contributed by atoms with van der Waals surface area (Å²) in [5.74, 6) is 0.897. The lowest BCUT2D eigenvalue weighted by molar-refractivity contribution is 0.0642. The Morgan fingerprint density at radius 1 is 1.03 bits per heavy atom. The smallest absolute Gasteiger partial charge is 0.251 e. The van der Waals surface area contributed by atoms with Crippen molar-refractivity contribution < 1.29 is 14.6 Å². The van der Waals surface area contributed by atoms with Crippen LogP contribution in [-0.4, -0.2) is 40.3 Å². The number of benzene rings is 3. The van der Waals surface area contributed by atoms with E-state index in [1.807, 2.05) is 90.4 Å². The summed E-state index contributed by atoms with van der Waals surface area (Å²) in [6.45, 7) is 4.80. The van der Waals surface area contributed by atoms with Gasteiger partial charge in [0.1, 0.15) is 0 Å². The lowest BCUT2D eigenvalue weighted by Crippen LogP contribution is -2.32. The van der Waals surface area contributed by atoms with E-state index in [-0.39, 0.29) is 5.91 Å². The van der Waals surface area contributed by atoms with Crippen LogP contribution in [0.15, 0.2) is 78.9 Å². The number of aromatic nitrogens is 2. The zero-order chi connectivity index (χ0) is 24.3. The van der Waals surface area contributed by atoms with Crippen molar-refractivity contribution in [2.24, 2.45) is 5.92 Å². The molecule has 6 heteroatoms. The third-order valence-corrected chi connectivity index (χ3v) is 6.93. The first-order valence-electron chi connectivity index (χ1n) is 12.3. The Hall–Kier alpha value is -3.48. The first-order chi connectivity index (χ1) is 17.1. The van der Waals surface area contributed by atoms with E-state index in [1.54, 1.807) is 0 Å². The predicted octanol–water partition coefficient (Wildman–Crippen LogP) is 4.50. The number of ether oxygens (including phenoxy) is 1. The van der Waals surface area contributed by atoms with Gasteiger partial charge in [-0.25, -0.2) is 4.98 Å². The van der Waals surface area contributed by atoms with Gasteiger partial charge in [-0.2, -0.15) is 0 Å². The maximum atomic E-state index is 13.0. The summed E-state index contributed by atoms with van der Waals surface area (Å²) < 4.78 is 7.42. The van der Waals surface area contributed by atoms with Gasteiger partial charge >= 0.3 is 0 Å². The Bertz CT molecular complexity index is 1260. The molecule has 0 unspecified atom stereocenters. The lowest BCUT2D eigenvalue weighted by atomic mass is 9.85. The van der Waals surface area contributed by atoms with Crippen molar-refractivity contribution in [3.8, 4) is 0 Å².